The van der Waals surface area contributed by atoms with Gasteiger partial charge in [0.15, 0.2) is 5.78 Å². The molecule has 1 aromatic heterocycles. The maximum Gasteiger partial charge on any atom is 0.164 e. The van der Waals surface area contributed by atoms with Crippen LogP contribution < -0.4 is 5.19 Å². The fraction of sp³-hybridized carbons (Fsp3) is 0.442. The minimum atomic E-state index is -1.38. The number of aliphatic hydroxyl groups excluding tert-OH is 1. The number of aromatic nitrogens is 1. The predicted molar refractivity (Wildman–Crippen MR) is 202 cm³/mol. The van der Waals surface area contributed by atoms with Gasteiger partial charge < -0.3 is 5.11 Å². The van der Waals surface area contributed by atoms with Crippen LogP contribution in [-0.4, -0.2) is 23.9 Å². The van der Waals surface area contributed by atoms with Crippen LogP contribution in [-0.2, 0) is 24.9 Å². The van der Waals surface area contributed by atoms with Crippen LogP contribution in [0.4, 0.5) is 0 Å². The van der Waals surface area contributed by atoms with Crippen LogP contribution in [0.25, 0.3) is 33.3 Å². The van der Waals surface area contributed by atoms with E-state index in [2.05, 4.69) is 106 Å². The number of benzene rings is 3. The summed E-state index contributed by atoms with van der Waals surface area (Å²) in [6, 6.07) is 29.5. The van der Waals surface area contributed by atoms with Gasteiger partial charge in [0.2, 0.25) is 0 Å². The molecule has 3 aromatic carbocycles. The third-order valence-electron chi connectivity index (χ3n) is 10.2. The monoisotopic (exact) mass is 837 g/mol. The number of fused-ring (bicyclic) bond motifs is 1. The molecule has 2 aliphatic rings. The Morgan fingerprint density at radius 2 is 1.46 bits per heavy atom. The van der Waals surface area contributed by atoms with E-state index in [4.69, 9.17) is 4.98 Å². The van der Waals surface area contributed by atoms with E-state index in [9.17, 15) is 9.90 Å². The number of carbonyl (C=O) groups excluding carboxylic acids is 1. The van der Waals surface area contributed by atoms with E-state index in [1.165, 1.54) is 65.8 Å². The molecular formula is C43H54IrNO2Si-. The molecule has 6 rings (SSSR count). The quantitative estimate of drug-likeness (QED) is 0.0873. The Bertz CT molecular complexity index is 1690. The number of aliphatic hydroxyl groups is 1. The van der Waals surface area contributed by atoms with Crippen molar-refractivity contribution in [1.82, 2.24) is 4.98 Å². The van der Waals surface area contributed by atoms with Gasteiger partial charge in [-0.1, -0.05) is 126 Å². The van der Waals surface area contributed by atoms with Crippen molar-refractivity contribution in [2.45, 2.75) is 111 Å². The molecule has 2 saturated carbocycles. The summed E-state index contributed by atoms with van der Waals surface area (Å²) < 4.78 is 0. The molecule has 0 bridgehead atoms. The largest absolute Gasteiger partial charge is 0.512 e. The van der Waals surface area contributed by atoms with E-state index in [1.54, 1.807) is 0 Å². The molecule has 3 nitrogen and oxygen atoms in total. The van der Waals surface area contributed by atoms with Crippen LogP contribution >= 0.6 is 0 Å². The Morgan fingerprint density at radius 1 is 0.833 bits per heavy atom. The van der Waals surface area contributed by atoms with E-state index in [-0.39, 0.29) is 37.7 Å². The Morgan fingerprint density at radius 3 is 2.06 bits per heavy atom. The number of ketones is 1. The summed E-state index contributed by atoms with van der Waals surface area (Å²) in [4.78, 5) is 17.5. The van der Waals surface area contributed by atoms with Gasteiger partial charge in [0.1, 0.15) is 5.76 Å². The molecule has 2 fully saturated rings. The van der Waals surface area contributed by atoms with Crippen molar-refractivity contribution < 1.29 is 30.0 Å². The van der Waals surface area contributed by atoms with Crippen LogP contribution in [0.5, 0.6) is 0 Å². The molecule has 4 aromatic rings. The third-order valence-corrected chi connectivity index (χ3v) is 12.3. The molecule has 1 N–H and O–H groups in total. The van der Waals surface area contributed by atoms with Crippen molar-refractivity contribution in [2.75, 3.05) is 0 Å². The van der Waals surface area contributed by atoms with E-state index in [0.717, 1.165) is 42.5 Å². The molecule has 48 heavy (non-hydrogen) atoms. The molecule has 0 atom stereocenters. The minimum Gasteiger partial charge on any atom is -0.512 e. The summed E-state index contributed by atoms with van der Waals surface area (Å²) in [5.74, 6) is 1.54. The van der Waals surface area contributed by atoms with Crippen LogP contribution in [0.1, 0.15) is 96.5 Å². The summed E-state index contributed by atoms with van der Waals surface area (Å²) in [5.41, 5.74) is 7.45. The topological polar surface area (TPSA) is 50.2 Å². The summed E-state index contributed by atoms with van der Waals surface area (Å²) in [7, 11) is -1.38. The molecule has 0 amide bonds. The number of nitrogens with zero attached hydrogens (tertiary/aromatic N) is 1. The molecule has 1 radical (unpaired) electrons. The van der Waals surface area contributed by atoms with E-state index in [0.29, 0.717) is 17.3 Å². The fourth-order valence-electron chi connectivity index (χ4n) is 7.15. The zero-order valence-electron chi connectivity index (χ0n) is 29.9. The van der Waals surface area contributed by atoms with Gasteiger partial charge in [-0.05, 0) is 66.8 Å². The number of hydrogen-bond acceptors (Lipinski definition) is 3. The number of carbonyl (C=O) groups is 1. The van der Waals surface area contributed by atoms with Gasteiger partial charge in [-0.25, -0.2) is 0 Å². The van der Waals surface area contributed by atoms with Crippen molar-refractivity contribution >= 4 is 29.9 Å². The molecule has 0 aliphatic heterocycles. The number of pyridine rings is 1. The fourth-order valence-corrected chi connectivity index (χ4v) is 8.32. The molecule has 0 unspecified atom stereocenters. The first kappa shape index (κ1) is 38.0. The van der Waals surface area contributed by atoms with Crippen LogP contribution in [0.15, 0.2) is 84.1 Å². The second-order valence-electron chi connectivity index (χ2n) is 15.1. The van der Waals surface area contributed by atoms with Crippen molar-refractivity contribution in [2.24, 2.45) is 11.8 Å². The van der Waals surface area contributed by atoms with Gasteiger partial charge in [-0.15, -0.1) is 35.4 Å². The Labute approximate surface area is 304 Å². The van der Waals surface area contributed by atoms with Gasteiger partial charge in [0.25, 0.3) is 0 Å². The maximum absolute atomic E-state index is 12.4. The molecule has 0 saturated heterocycles. The van der Waals surface area contributed by atoms with E-state index in [1.807, 2.05) is 13.0 Å². The number of allylic oxidation sites excluding steroid dienone is 2. The van der Waals surface area contributed by atoms with Gasteiger partial charge >= 0.3 is 0 Å². The van der Waals surface area contributed by atoms with Gasteiger partial charge in [0.05, 0.1) is 13.6 Å². The zero-order valence-corrected chi connectivity index (χ0v) is 33.3. The van der Waals surface area contributed by atoms with E-state index < -0.39 is 8.07 Å². The number of Topliss-reactive ketones (excluding diaryl/α,β-unsaturated/α-hetero) is 1. The van der Waals surface area contributed by atoms with Gasteiger partial charge in [0, 0.05) is 37.5 Å². The summed E-state index contributed by atoms with van der Waals surface area (Å²) in [6.07, 6.45) is 11.4. The average molecular weight is 837 g/mol. The first-order valence-corrected chi connectivity index (χ1v) is 21.5. The van der Waals surface area contributed by atoms with Gasteiger partial charge in [-0.3, -0.25) is 9.78 Å². The van der Waals surface area contributed by atoms with Crippen molar-refractivity contribution in [3.8, 4) is 22.4 Å². The molecule has 2 aliphatic carbocycles. The zero-order chi connectivity index (χ0) is 33.6. The van der Waals surface area contributed by atoms with Crippen molar-refractivity contribution in [1.29, 1.82) is 0 Å². The molecular weight excluding hydrogens is 783 g/mol. The first-order valence-electron chi connectivity index (χ1n) is 18.0. The molecule has 5 heteroatoms. The Kier molecular flexibility index (Phi) is 13.6. The smallest absolute Gasteiger partial charge is 0.164 e. The Hall–Kier alpha value is -2.85. The molecule has 1 heterocycles. The predicted octanol–water partition coefficient (Wildman–Crippen LogP) is 11.6. The summed E-state index contributed by atoms with van der Waals surface area (Å²) in [5, 5.41) is 13.0. The average Bonchev–Trinajstić information content (AvgIpc) is 3.11. The maximum atomic E-state index is 12.4. The summed E-state index contributed by atoms with van der Waals surface area (Å²) in [6.45, 7) is 13.5. The molecule has 0 spiro atoms. The number of hydrogen-bond donors (Lipinski definition) is 1. The molecule has 257 valence electrons. The van der Waals surface area contributed by atoms with Crippen molar-refractivity contribution in [3.05, 3.63) is 95.8 Å². The van der Waals surface area contributed by atoms with Crippen LogP contribution in [0.2, 0.25) is 19.6 Å². The standard InChI is InChI=1S/C27H28NSi.C16H26O2.Ir/c1-19(2)21-12-9-13-22(16-21)27-25(20-10-7-6-8-11-20)18-23-17-24(29(3,4)5)14-15-26(23)28-27;1-12(15(17)13-8-4-2-5-9-13)16(18)14-10-6-3-7-11-14;/h6-12,14-19H,1-5H3;13-14,17H,2-11H2,1H3;/q-1;;/b;15-12-;. The van der Waals surface area contributed by atoms with Crippen LogP contribution in [0.3, 0.4) is 0 Å². The van der Waals surface area contributed by atoms with E-state index >= 15 is 0 Å². The second-order valence-corrected chi connectivity index (χ2v) is 20.2. The van der Waals surface area contributed by atoms with Gasteiger partial charge in [-0.2, -0.15) is 0 Å². The normalized spacial score (nSPS) is 16.5. The van der Waals surface area contributed by atoms with Crippen LogP contribution in [0, 0.1) is 17.9 Å². The Balaban J connectivity index is 0.000000236. The minimum absolute atomic E-state index is 0. The SMILES string of the molecule is C/C(C(=O)C1CCCCC1)=C(/O)C1CCCCC1.CC(C)c1cc[c-]c(-c2nc3ccc([Si](C)(C)C)cc3cc2-c2ccccc2)c1.[Ir]. The first-order chi connectivity index (χ1) is 22.5. The second kappa shape index (κ2) is 17.2. The third kappa shape index (κ3) is 9.43. The van der Waals surface area contributed by atoms with Crippen molar-refractivity contribution in [3.63, 3.8) is 0 Å². The summed E-state index contributed by atoms with van der Waals surface area (Å²) >= 11 is 0. The number of rotatable bonds is 7.